The van der Waals surface area contributed by atoms with Crippen LogP contribution < -0.4 is 14.5 Å². The highest BCUT2D eigenvalue weighted by molar-refractivity contribution is 7.92. The van der Waals surface area contributed by atoms with Crippen LogP contribution in [0.4, 0.5) is 17.1 Å². The van der Waals surface area contributed by atoms with Gasteiger partial charge in [0.15, 0.2) is 5.78 Å². The third-order valence-corrected chi connectivity index (χ3v) is 7.31. The lowest BCUT2D eigenvalue weighted by atomic mass is 10.1. The molecule has 0 spiro atoms. The van der Waals surface area contributed by atoms with Crippen LogP contribution in [0.15, 0.2) is 77.7 Å². The van der Waals surface area contributed by atoms with E-state index in [2.05, 4.69) is 5.32 Å². The summed E-state index contributed by atoms with van der Waals surface area (Å²) in [5.74, 6) is -1.09. The lowest BCUT2D eigenvalue weighted by Crippen LogP contribution is -2.48. The number of carbonyl (C=O) groups is 3. The van der Waals surface area contributed by atoms with Crippen LogP contribution in [0.5, 0.6) is 0 Å². The summed E-state index contributed by atoms with van der Waals surface area (Å²) in [7, 11) is -4.13. The Labute approximate surface area is 197 Å². The molecule has 0 saturated carbocycles. The number of hydrogen-bond donors (Lipinski definition) is 1. The van der Waals surface area contributed by atoms with Gasteiger partial charge in [-0.3, -0.25) is 23.6 Å². The number of nitrogens with one attached hydrogen (secondary N) is 1. The molecule has 1 N–H and O–H groups in total. The van der Waals surface area contributed by atoms with Crippen molar-refractivity contribution in [1.29, 1.82) is 0 Å². The molecule has 0 unspecified atom stereocenters. The van der Waals surface area contributed by atoms with Crippen LogP contribution in [0.25, 0.3) is 0 Å². The van der Waals surface area contributed by atoms with Crippen molar-refractivity contribution in [3.8, 4) is 0 Å². The Kier molecular flexibility index (Phi) is 6.21. The van der Waals surface area contributed by atoms with Gasteiger partial charge in [-0.2, -0.15) is 0 Å². The predicted octanol–water partition coefficient (Wildman–Crippen LogP) is 3.38. The van der Waals surface area contributed by atoms with Gasteiger partial charge < -0.3 is 5.32 Å². The summed E-state index contributed by atoms with van der Waals surface area (Å²) in [6.45, 7) is 2.50. The fourth-order valence-electron chi connectivity index (χ4n) is 3.68. The first-order valence-corrected chi connectivity index (χ1v) is 12.0. The second-order valence-corrected chi connectivity index (χ2v) is 9.84. The maximum atomic E-state index is 13.6. The highest BCUT2D eigenvalue weighted by Gasteiger charge is 2.32. The van der Waals surface area contributed by atoms with E-state index in [1.165, 1.54) is 48.2 Å². The minimum absolute atomic E-state index is 0.0262. The van der Waals surface area contributed by atoms with Crippen molar-refractivity contribution in [3.63, 3.8) is 0 Å². The standard InChI is InChI=1S/C25H23N3O5S/c1-17-7-13-21(14-8-17)34(32,33)28(20-11-9-19(10-12-20)18(2)29)16-25(31)27-15-24(30)26-22-5-3-4-6-23(22)27/h3-14H,15-16H2,1-2H3,(H,26,30). The van der Waals surface area contributed by atoms with Crippen molar-refractivity contribution in [2.45, 2.75) is 18.7 Å². The highest BCUT2D eigenvalue weighted by atomic mass is 32.2. The van der Waals surface area contributed by atoms with Crippen molar-refractivity contribution in [3.05, 3.63) is 83.9 Å². The maximum Gasteiger partial charge on any atom is 0.264 e. The number of fused-ring (bicyclic) bond motifs is 1. The third kappa shape index (κ3) is 4.55. The second kappa shape index (κ2) is 9.11. The van der Waals surface area contributed by atoms with Gasteiger partial charge in [0.05, 0.1) is 22.0 Å². The molecular formula is C25H23N3O5S. The van der Waals surface area contributed by atoms with E-state index >= 15 is 0 Å². The molecule has 174 valence electrons. The van der Waals surface area contributed by atoms with Gasteiger partial charge in [0.1, 0.15) is 13.1 Å². The van der Waals surface area contributed by atoms with E-state index in [1.54, 1.807) is 36.4 Å². The number of nitrogens with zero attached hydrogens (tertiary/aromatic N) is 2. The minimum atomic E-state index is -4.13. The smallest absolute Gasteiger partial charge is 0.264 e. The molecule has 0 radical (unpaired) electrons. The Bertz CT molecular complexity index is 1370. The van der Waals surface area contributed by atoms with Gasteiger partial charge >= 0.3 is 0 Å². The molecule has 0 bridgehead atoms. The number of amides is 2. The molecule has 2 amide bonds. The summed E-state index contributed by atoms with van der Waals surface area (Å²) in [6, 6.07) is 19.2. The van der Waals surface area contributed by atoms with Crippen LogP contribution >= 0.6 is 0 Å². The maximum absolute atomic E-state index is 13.6. The van der Waals surface area contributed by atoms with Crippen molar-refractivity contribution >= 4 is 44.7 Å². The van der Waals surface area contributed by atoms with Gasteiger partial charge in [-0.25, -0.2) is 8.42 Å². The molecule has 3 aromatic rings. The second-order valence-electron chi connectivity index (χ2n) is 7.97. The number of para-hydroxylation sites is 2. The first-order chi connectivity index (χ1) is 16.2. The van der Waals surface area contributed by atoms with Crippen molar-refractivity contribution in [2.24, 2.45) is 0 Å². The summed E-state index contributed by atoms with van der Waals surface area (Å²) in [5, 5.41) is 2.71. The van der Waals surface area contributed by atoms with E-state index in [0.717, 1.165) is 9.87 Å². The summed E-state index contributed by atoms with van der Waals surface area (Å²) in [5.41, 5.74) is 2.51. The molecule has 4 rings (SSSR count). The monoisotopic (exact) mass is 477 g/mol. The third-order valence-electron chi connectivity index (χ3n) is 5.52. The summed E-state index contributed by atoms with van der Waals surface area (Å²) in [4.78, 5) is 38.5. The predicted molar refractivity (Wildman–Crippen MR) is 130 cm³/mol. The van der Waals surface area contributed by atoms with Crippen LogP contribution in [-0.2, 0) is 19.6 Å². The average molecular weight is 478 g/mol. The van der Waals surface area contributed by atoms with Gasteiger partial charge in [0.2, 0.25) is 11.8 Å². The zero-order valence-electron chi connectivity index (χ0n) is 18.7. The Balaban J connectivity index is 1.74. The molecule has 1 aliphatic heterocycles. The van der Waals surface area contributed by atoms with Gasteiger partial charge in [0, 0.05) is 5.56 Å². The molecule has 0 atom stereocenters. The van der Waals surface area contributed by atoms with Gasteiger partial charge in [-0.05, 0) is 62.4 Å². The number of ketones is 1. The summed E-state index contributed by atoms with van der Waals surface area (Å²) in [6.07, 6.45) is 0. The number of aryl methyl sites for hydroxylation is 1. The van der Waals surface area contributed by atoms with Crippen molar-refractivity contribution in [2.75, 3.05) is 27.6 Å². The van der Waals surface area contributed by atoms with Crippen molar-refractivity contribution in [1.82, 2.24) is 0 Å². The van der Waals surface area contributed by atoms with Gasteiger partial charge in [0.25, 0.3) is 10.0 Å². The van der Waals surface area contributed by atoms with E-state index in [0.29, 0.717) is 16.9 Å². The number of sulfonamides is 1. The molecule has 8 nitrogen and oxygen atoms in total. The Morgan fingerprint density at radius 2 is 1.62 bits per heavy atom. The summed E-state index contributed by atoms with van der Waals surface area (Å²) >= 11 is 0. The molecule has 3 aromatic carbocycles. The molecule has 1 aliphatic rings. The van der Waals surface area contributed by atoms with E-state index in [-0.39, 0.29) is 28.8 Å². The summed E-state index contributed by atoms with van der Waals surface area (Å²) < 4.78 is 28.2. The van der Waals surface area contributed by atoms with Crippen LogP contribution in [0, 0.1) is 6.92 Å². The highest BCUT2D eigenvalue weighted by Crippen LogP contribution is 2.30. The van der Waals surface area contributed by atoms with Crippen LogP contribution in [0.1, 0.15) is 22.8 Å². The lowest BCUT2D eigenvalue weighted by Gasteiger charge is -2.32. The normalized spacial score (nSPS) is 13.1. The van der Waals surface area contributed by atoms with E-state index in [4.69, 9.17) is 0 Å². The Morgan fingerprint density at radius 1 is 0.971 bits per heavy atom. The number of carbonyl (C=O) groups excluding carboxylic acids is 3. The SMILES string of the molecule is CC(=O)c1ccc(N(CC(=O)N2CC(=O)Nc3ccccc32)S(=O)(=O)c2ccc(C)cc2)cc1. The number of hydrogen-bond acceptors (Lipinski definition) is 5. The molecule has 1 heterocycles. The topological polar surface area (TPSA) is 104 Å². The fourth-order valence-corrected chi connectivity index (χ4v) is 5.09. The van der Waals surface area contributed by atoms with Gasteiger partial charge in [-0.15, -0.1) is 0 Å². The van der Waals surface area contributed by atoms with E-state index in [1.807, 2.05) is 6.92 Å². The number of anilines is 3. The van der Waals surface area contributed by atoms with Gasteiger partial charge in [-0.1, -0.05) is 29.8 Å². The quantitative estimate of drug-likeness (QED) is 0.548. The molecule has 0 aromatic heterocycles. The Hall–Kier alpha value is -3.98. The minimum Gasteiger partial charge on any atom is -0.323 e. The molecule has 0 aliphatic carbocycles. The fraction of sp³-hybridized carbons (Fsp3) is 0.160. The molecule has 34 heavy (non-hydrogen) atoms. The van der Waals surface area contributed by atoms with E-state index in [9.17, 15) is 22.8 Å². The molecular weight excluding hydrogens is 454 g/mol. The van der Waals surface area contributed by atoms with Crippen molar-refractivity contribution < 1.29 is 22.8 Å². The molecule has 9 heteroatoms. The van der Waals surface area contributed by atoms with Crippen LogP contribution in [0.3, 0.4) is 0 Å². The largest absolute Gasteiger partial charge is 0.323 e. The number of Topliss-reactive ketones (excluding diaryl/α,β-unsaturated/α-hetero) is 1. The lowest BCUT2D eigenvalue weighted by molar-refractivity contribution is -0.121. The first kappa shape index (κ1) is 23.2. The Morgan fingerprint density at radius 3 is 2.26 bits per heavy atom. The zero-order valence-corrected chi connectivity index (χ0v) is 19.5. The van der Waals surface area contributed by atoms with Crippen LogP contribution in [-0.4, -0.2) is 39.1 Å². The first-order valence-electron chi connectivity index (χ1n) is 10.6. The van der Waals surface area contributed by atoms with Crippen LogP contribution in [0.2, 0.25) is 0 Å². The number of rotatable bonds is 6. The molecule has 0 fully saturated rings. The van der Waals surface area contributed by atoms with E-state index < -0.39 is 22.5 Å². The zero-order chi connectivity index (χ0) is 24.5. The average Bonchev–Trinajstić information content (AvgIpc) is 2.82. The molecule has 0 saturated heterocycles. The number of benzene rings is 3.